The van der Waals surface area contributed by atoms with E-state index in [1.54, 1.807) is 37.3 Å². The van der Waals surface area contributed by atoms with Gasteiger partial charge in [0, 0.05) is 23.9 Å². The van der Waals surface area contributed by atoms with Crippen molar-refractivity contribution in [1.82, 2.24) is 0 Å². The van der Waals surface area contributed by atoms with Gasteiger partial charge in [-0.15, -0.1) is 0 Å². The highest BCUT2D eigenvalue weighted by Gasteiger charge is 2.16. The van der Waals surface area contributed by atoms with Crippen molar-refractivity contribution in [3.05, 3.63) is 59.4 Å². The zero-order valence-electron chi connectivity index (χ0n) is 13.5. The van der Waals surface area contributed by atoms with Gasteiger partial charge in [-0.3, -0.25) is 4.79 Å². The quantitative estimate of drug-likeness (QED) is 0.904. The van der Waals surface area contributed by atoms with Gasteiger partial charge in [-0.2, -0.15) is 0 Å². The lowest BCUT2D eigenvalue weighted by Gasteiger charge is -2.12. The van der Waals surface area contributed by atoms with Crippen molar-refractivity contribution >= 4 is 11.6 Å². The summed E-state index contributed by atoms with van der Waals surface area (Å²) < 4.78 is 24.8. The number of rotatable bonds is 5. The van der Waals surface area contributed by atoms with E-state index in [0.29, 0.717) is 23.6 Å². The molecule has 1 aliphatic heterocycles. The maximum Gasteiger partial charge on any atom is 0.255 e. The van der Waals surface area contributed by atoms with Crippen molar-refractivity contribution in [2.45, 2.75) is 25.9 Å². The molecule has 2 aromatic carbocycles. The Morgan fingerprint density at radius 2 is 2.21 bits per heavy atom. The maximum atomic E-state index is 13.6. The van der Waals surface area contributed by atoms with Crippen LogP contribution >= 0.6 is 0 Å². The average Bonchev–Trinajstić information content (AvgIpc) is 3.09. The summed E-state index contributed by atoms with van der Waals surface area (Å²) in [5, 5.41) is 2.76. The second kappa shape index (κ2) is 7.45. The molecule has 3 rings (SSSR count). The summed E-state index contributed by atoms with van der Waals surface area (Å²) in [4.78, 5) is 12.2. The van der Waals surface area contributed by atoms with Crippen LogP contribution in [0.1, 0.15) is 28.8 Å². The van der Waals surface area contributed by atoms with Crippen LogP contribution in [0.25, 0.3) is 0 Å². The van der Waals surface area contributed by atoms with Crippen LogP contribution in [0, 0.1) is 12.7 Å². The van der Waals surface area contributed by atoms with Gasteiger partial charge in [0.05, 0.1) is 6.10 Å². The Kier molecular flexibility index (Phi) is 5.11. The minimum absolute atomic E-state index is 0.138. The molecule has 1 unspecified atom stereocenters. The highest BCUT2D eigenvalue weighted by Crippen LogP contribution is 2.20. The summed E-state index contributed by atoms with van der Waals surface area (Å²) in [7, 11) is 0. The maximum absolute atomic E-state index is 13.6. The van der Waals surface area contributed by atoms with Gasteiger partial charge in [0.1, 0.15) is 18.2 Å². The number of amides is 1. The molecule has 1 amide bonds. The first kappa shape index (κ1) is 16.5. The van der Waals surface area contributed by atoms with Gasteiger partial charge in [0.2, 0.25) is 0 Å². The molecule has 1 heterocycles. The highest BCUT2D eigenvalue weighted by atomic mass is 19.1. The van der Waals surface area contributed by atoms with E-state index in [2.05, 4.69) is 5.32 Å². The lowest BCUT2D eigenvalue weighted by Crippen LogP contribution is -2.16. The molecule has 1 N–H and O–H groups in total. The number of hydrogen-bond donors (Lipinski definition) is 1. The number of hydrogen-bond acceptors (Lipinski definition) is 3. The van der Waals surface area contributed by atoms with Crippen molar-refractivity contribution in [2.75, 3.05) is 18.5 Å². The first-order valence-corrected chi connectivity index (χ1v) is 8.04. The molecule has 24 heavy (non-hydrogen) atoms. The Morgan fingerprint density at radius 1 is 1.33 bits per heavy atom. The van der Waals surface area contributed by atoms with Crippen LogP contribution in [0.2, 0.25) is 0 Å². The largest absolute Gasteiger partial charge is 0.491 e. The molecular formula is C19H20FNO3. The van der Waals surface area contributed by atoms with Gasteiger partial charge in [-0.1, -0.05) is 12.1 Å². The van der Waals surface area contributed by atoms with Crippen LogP contribution in [0.15, 0.2) is 42.5 Å². The summed E-state index contributed by atoms with van der Waals surface area (Å²) >= 11 is 0. The van der Waals surface area contributed by atoms with E-state index in [4.69, 9.17) is 9.47 Å². The molecule has 0 radical (unpaired) electrons. The van der Waals surface area contributed by atoms with Crippen molar-refractivity contribution in [1.29, 1.82) is 0 Å². The van der Waals surface area contributed by atoms with Crippen molar-refractivity contribution in [2.24, 2.45) is 0 Å². The summed E-state index contributed by atoms with van der Waals surface area (Å²) in [6, 6.07) is 11.6. The van der Waals surface area contributed by atoms with Crippen LogP contribution in [0.3, 0.4) is 0 Å². The van der Waals surface area contributed by atoms with Gasteiger partial charge in [0.25, 0.3) is 5.91 Å². The van der Waals surface area contributed by atoms with E-state index in [0.717, 1.165) is 19.4 Å². The minimum atomic E-state index is -0.392. The SMILES string of the molecule is Cc1ccc(C(=O)Nc2cccc(OCC3CCCO3)c2)cc1F. The van der Waals surface area contributed by atoms with E-state index in [-0.39, 0.29) is 17.6 Å². The molecule has 1 saturated heterocycles. The fourth-order valence-corrected chi connectivity index (χ4v) is 2.57. The van der Waals surface area contributed by atoms with Gasteiger partial charge >= 0.3 is 0 Å². The van der Waals surface area contributed by atoms with E-state index >= 15 is 0 Å². The first-order chi connectivity index (χ1) is 11.6. The number of nitrogens with one attached hydrogen (secondary N) is 1. The van der Waals surface area contributed by atoms with E-state index in [1.807, 2.05) is 6.07 Å². The monoisotopic (exact) mass is 329 g/mol. The second-order valence-corrected chi connectivity index (χ2v) is 5.89. The molecule has 4 nitrogen and oxygen atoms in total. The van der Waals surface area contributed by atoms with Gasteiger partial charge in [-0.25, -0.2) is 4.39 Å². The molecule has 1 atom stereocenters. The number of ether oxygens (including phenoxy) is 2. The Morgan fingerprint density at radius 3 is 2.96 bits per heavy atom. The van der Waals surface area contributed by atoms with E-state index in [1.165, 1.54) is 6.07 Å². The smallest absolute Gasteiger partial charge is 0.255 e. The summed E-state index contributed by atoms with van der Waals surface area (Å²) in [5.74, 6) is -0.0835. The molecule has 5 heteroatoms. The zero-order valence-corrected chi connectivity index (χ0v) is 13.5. The van der Waals surface area contributed by atoms with Crippen LogP contribution in [0.4, 0.5) is 10.1 Å². The van der Waals surface area contributed by atoms with Gasteiger partial charge in [0.15, 0.2) is 0 Å². The minimum Gasteiger partial charge on any atom is -0.491 e. The van der Waals surface area contributed by atoms with Crippen LogP contribution in [-0.2, 0) is 4.74 Å². The van der Waals surface area contributed by atoms with Gasteiger partial charge < -0.3 is 14.8 Å². The third-order valence-corrected chi connectivity index (χ3v) is 3.99. The number of carbonyl (C=O) groups is 1. The number of benzene rings is 2. The van der Waals surface area contributed by atoms with Crippen molar-refractivity contribution in [3.63, 3.8) is 0 Å². The Bertz CT molecular complexity index is 726. The Labute approximate surface area is 140 Å². The van der Waals surface area contributed by atoms with Crippen molar-refractivity contribution < 1.29 is 18.7 Å². The molecule has 0 spiro atoms. The topological polar surface area (TPSA) is 47.6 Å². The molecule has 2 aromatic rings. The molecular weight excluding hydrogens is 309 g/mol. The molecule has 0 aliphatic carbocycles. The van der Waals surface area contributed by atoms with E-state index < -0.39 is 5.82 Å². The zero-order chi connectivity index (χ0) is 16.9. The standard InChI is InChI=1S/C19H20FNO3/c1-13-7-8-14(10-18(13)20)19(22)21-15-4-2-5-16(11-15)24-12-17-6-3-9-23-17/h2,4-5,7-8,10-11,17H,3,6,9,12H2,1H3,(H,21,22). The molecule has 1 fully saturated rings. The highest BCUT2D eigenvalue weighted by molar-refractivity contribution is 6.04. The van der Waals surface area contributed by atoms with Gasteiger partial charge in [-0.05, 0) is 49.6 Å². The number of anilines is 1. The van der Waals surface area contributed by atoms with Crippen LogP contribution < -0.4 is 10.1 Å². The average molecular weight is 329 g/mol. The first-order valence-electron chi connectivity index (χ1n) is 8.04. The molecule has 0 aromatic heterocycles. The lowest BCUT2D eigenvalue weighted by molar-refractivity contribution is 0.0680. The Balaban J connectivity index is 1.62. The molecule has 1 aliphatic rings. The summed E-state index contributed by atoms with van der Waals surface area (Å²) in [5.41, 5.74) is 1.39. The number of carbonyl (C=O) groups excluding carboxylic acids is 1. The van der Waals surface area contributed by atoms with Crippen molar-refractivity contribution in [3.8, 4) is 5.75 Å². The summed E-state index contributed by atoms with van der Waals surface area (Å²) in [6.07, 6.45) is 2.21. The number of halogens is 1. The predicted molar refractivity (Wildman–Crippen MR) is 90.0 cm³/mol. The summed E-state index contributed by atoms with van der Waals surface area (Å²) in [6.45, 7) is 2.95. The molecule has 0 saturated carbocycles. The molecule has 126 valence electrons. The third-order valence-electron chi connectivity index (χ3n) is 3.99. The normalized spacial score (nSPS) is 16.8. The fraction of sp³-hybridized carbons (Fsp3) is 0.316. The molecule has 0 bridgehead atoms. The predicted octanol–water partition coefficient (Wildman–Crippen LogP) is 3.94. The number of aryl methyl sites for hydroxylation is 1. The lowest BCUT2D eigenvalue weighted by atomic mass is 10.1. The Hall–Kier alpha value is -2.40. The fourth-order valence-electron chi connectivity index (χ4n) is 2.57. The van der Waals surface area contributed by atoms with E-state index in [9.17, 15) is 9.18 Å². The third kappa shape index (κ3) is 4.11. The van der Waals surface area contributed by atoms with Crippen LogP contribution in [-0.4, -0.2) is 25.2 Å². The van der Waals surface area contributed by atoms with Crippen LogP contribution in [0.5, 0.6) is 5.75 Å². The second-order valence-electron chi connectivity index (χ2n) is 5.89.